The van der Waals surface area contributed by atoms with Crippen molar-refractivity contribution in [3.05, 3.63) is 63.9 Å². The predicted octanol–water partition coefficient (Wildman–Crippen LogP) is 4.91. The molecule has 1 aromatic carbocycles. The number of pyridine rings is 1. The monoisotopic (exact) mass is 285 g/mol. The highest BCUT2D eigenvalue weighted by molar-refractivity contribution is 6.42. The maximum atomic E-state index is 6.33. The molecule has 1 unspecified atom stereocenters. The fourth-order valence-corrected chi connectivity index (χ4v) is 2.21. The number of benzene rings is 1. The zero-order chi connectivity index (χ0) is 12.3. The first-order valence-electron chi connectivity index (χ1n) is 5.15. The summed E-state index contributed by atoms with van der Waals surface area (Å²) in [7, 11) is 0. The largest absolute Gasteiger partial charge is 0.265 e. The van der Waals surface area contributed by atoms with Gasteiger partial charge < -0.3 is 0 Å². The van der Waals surface area contributed by atoms with Crippen LogP contribution in [0.15, 0.2) is 42.7 Å². The molecule has 1 heterocycles. The van der Waals surface area contributed by atoms with Crippen LogP contribution in [0.1, 0.15) is 16.5 Å². The standard InChI is InChI=1S/C13H10Cl3N/c14-11-2-1-9(8-13(11)16)7-12(15)10-3-5-17-6-4-10/h1-6,8,12H,7H2. The zero-order valence-electron chi connectivity index (χ0n) is 8.91. The van der Waals surface area contributed by atoms with E-state index in [2.05, 4.69) is 4.98 Å². The summed E-state index contributed by atoms with van der Waals surface area (Å²) in [5.74, 6) is 0. The minimum atomic E-state index is -0.0877. The molecule has 2 rings (SSSR count). The first-order chi connectivity index (χ1) is 8.16. The van der Waals surface area contributed by atoms with Crippen LogP contribution in [0.4, 0.5) is 0 Å². The molecule has 0 saturated carbocycles. The van der Waals surface area contributed by atoms with Crippen molar-refractivity contribution in [2.24, 2.45) is 0 Å². The number of alkyl halides is 1. The molecule has 0 aliphatic heterocycles. The summed E-state index contributed by atoms with van der Waals surface area (Å²) >= 11 is 18.1. The molecule has 0 spiro atoms. The summed E-state index contributed by atoms with van der Waals surface area (Å²) in [5.41, 5.74) is 2.11. The Labute approximate surface area is 115 Å². The summed E-state index contributed by atoms with van der Waals surface area (Å²) in [6.45, 7) is 0. The van der Waals surface area contributed by atoms with Crippen molar-refractivity contribution in [2.45, 2.75) is 11.8 Å². The fraction of sp³-hybridized carbons (Fsp3) is 0.154. The number of nitrogens with zero attached hydrogens (tertiary/aromatic N) is 1. The molecule has 2 aromatic rings. The van der Waals surface area contributed by atoms with Gasteiger partial charge in [0.15, 0.2) is 0 Å². The Morgan fingerprint density at radius 2 is 1.71 bits per heavy atom. The highest BCUT2D eigenvalue weighted by atomic mass is 35.5. The topological polar surface area (TPSA) is 12.9 Å². The third-order valence-electron chi connectivity index (χ3n) is 2.47. The van der Waals surface area contributed by atoms with Gasteiger partial charge in [-0.15, -0.1) is 11.6 Å². The molecule has 4 heteroatoms. The van der Waals surface area contributed by atoms with Gasteiger partial charge in [-0.25, -0.2) is 0 Å². The van der Waals surface area contributed by atoms with Crippen LogP contribution >= 0.6 is 34.8 Å². The van der Waals surface area contributed by atoms with E-state index in [4.69, 9.17) is 34.8 Å². The molecule has 0 bridgehead atoms. The Morgan fingerprint density at radius 3 is 2.35 bits per heavy atom. The second kappa shape index (κ2) is 5.72. The van der Waals surface area contributed by atoms with E-state index >= 15 is 0 Å². The highest BCUT2D eigenvalue weighted by Gasteiger charge is 2.09. The second-order valence-corrected chi connectivity index (χ2v) is 5.04. The van der Waals surface area contributed by atoms with E-state index in [1.165, 1.54) is 0 Å². The van der Waals surface area contributed by atoms with Crippen LogP contribution in [0.25, 0.3) is 0 Å². The third-order valence-corrected chi connectivity index (χ3v) is 3.61. The minimum absolute atomic E-state index is 0.0877. The van der Waals surface area contributed by atoms with E-state index < -0.39 is 0 Å². The molecule has 0 N–H and O–H groups in total. The molecule has 0 amide bonds. The molecular weight excluding hydrogens is 277 g/mol. The van der Waals surface area contributed by atoms with Crippen LogP contribution in [0.3, 0.4) is 0 Å². The second-order valence-electron chi connectivity index (χ2n) is 3.70. The lowest BCUT2D eigenvalue weighted by Crippen LogP contribution is -1.96. The molecule has 0 fully saturated rings. The Morgan fingerprint density at radius 1 is 1.00 bits per heavy atom. The van der Waals surface area contributed by atoms with Crippen molar-refractivity contribution >= 4 is 34.8 Å². The van der Waals surface area contributed by atoms with Gasteiger partial charge >= 0.3 is 0 Å². The van der Waals surface area contributed by atoms with Crippen molar-refractivity contribution in [1.29, 1.82) is 0 Å². The van der Waals surface area contributed by atoms with Crippen molar-refractivity contribution < 1.29 is 0 Å². The van der Waals surface area contributed by atoms with Crippen LogP contribution in [0.5, 0.6) is 0 Å². The summed E-state index contributed by atoms with van der Waals surface area (Å²) in [6.07, 6.45) is 4.18. The van der Waals surface area contributed by atoms with E-state index in [1.54, 1.807) is 18.5 Å². The Bertz CT molecular complexity index is 499. The lowest BCUT2D eigenvalue weighted by molar-refractivity contribution is 0.916. The van der Waals surface area contributed by atoms with Gasteiger partial charge in [0.05, 0.1) is 15.4 Å². The van der Waals surface area contributed by atoms with Gasteiger partial charge in [0.1, 0.15) is 0 Å². The first-order valence-corrected chi connectivity index (χ1v) is 6.34. The summed E-state index contributed by atoms with van der Waals surface area (Å²) in [6, 6.07) is 9.39. The number of hydrogen-bond donors (Lipinski definition) is 0. The van der Waals surface area contributed by atoms with E-state index in [9.17, 15) is 0 Å². The number of rotatable bonds is 3. The zero-order valence-corrected chi connectivity index (χ0v) is 11.2. The van der Waals surface area contributed by atoms with Gasteiger partial charge in [-0.05, 0) is 41.8 Å². The predicted molar refractivity (Wildman–Crippen MR) is 73.0 cm³/mol. The average Bonchev–Trinajstić information content (AvgIpc) is 2.35. The molecule has 17 heavy (non-hydrogen) atoms. The molecule has 0 radical (unpaired) electrons. The number of hydrogen-bond acceptors (Lipinski definition) is 1. The van der Waals surface area contributed by atoms with Crippen molar-refractivity contribution in [3.8, 4) is 0 Å². The highest BCUT2D eigenvalue weighted by Crippen LogP contribution is 2.28. The van der Waals surface area contributed by atoms with E-state index in [0.717, 1.165) is 11.1 Å². The van der Waals surface area contributed by atoms with Crippen LogP contribution in [0.2, 0.25) is 10.0 Å². The lowest BCUT2D eigenvalue weighted by Gasteiger charge is -2.10. The maximum absolute atomic E-state index is 6.33. The van der Waals surface area contributed by atoms with E-state index in [0.29, 0.717) is 16.5 Å². The minimum Gasteiger partial charge on any atom is -0.265 e. The SMILES string of the molecule is Clc1ccc(CC(Cl)c2ccncc2)cc1Cl. The Kier molecular flexibility index (Phi) is 4.27. The smallest absolute Gasteiger partial charge is 0.0626 e. The number of halogens is 3. The Balaban J connectivity index is 2.13. The lowest BCUT2D eigenvalue weighted by atomic mass is 10.1. The normalized spacial score (nSPS) is 12.4. The van der Waals surface area contributed by atoms with Crippen molar-refractivity contribution in [1.82, 2.24) is 4.98 Å². The molecule has 0 aliphatic carbocycles. The molecule has 1 atom stereocenters. The van der Waals surface area contributed by atoms with Gasteiger partial charge in [-0.1, -0.05) is 29.3 Å². The molecule has 0 saturated heterocycles. The quantitative estimate of drug-likeness (QED) is 0.731. The van der Waals surface area contributed by atoms with Gasteiger partial charge in [0.25, 0.3) is 0 Å². The molecule has 88 valence electrons. The van der Waals surface area contributed by atoms with Crippen LogP contribution in [-0.4, -0.2) is 4.98 Å². The van der Waals surface area contributed by atoms with Crippen molar-refractivity contribution in [3.63, 3.8) is 0 Å². The van der Waals surface area contributed by atoms with Gasteiger partial charge in [0.2, 0.25) is 0 Å². The summed E-state index contributed by atoms with van der Waals surface area (Å²) in [5, 5.41) is 1.03. The van der Waals surface area contributed by atoms with Crippen LogP contribution in [-0.2, 0) is 6.42 Å². The van der Waals surface area contributed by atoms with Gasteiger partial charge in [-0.2, -0.15) is 0 Å². The van der Waals surface area contributed by atoms with E-state index in [-0.39, 0.29) is 5.38 Å². The molecule has 1 aromatic heterocycles. The summed E-state index contributed by atoms with van der Waals surface area (Å²) in [4.78, 5) is 3.96. The van der Waals surface area contributed by atoms with Crippen LogP contribution in [0, 0.1) is 0 Å². The van der Waals surface area contributed by atoms with Gasteiger partial charge in [-0.3, -0.25) is 4.98 Å². The first kappa shape index (κ1) is 12.7. The van der Waals surface area contributed by atoms with Crippen molar-refractivity contribution in [2.75, 3.05) is 0 Å². The van der Waals surface area contributed by atoms with Gasteiger partial charge in [0, 0.05) is 12.4 Å². The fourth-order valence-electron chi connectivity index (χ4n) is 1.56. The average molecular weight is 287 g/mol. The van der Waals surface area contributed by atoms with Crippen LogP contribution < -0.4 is 0 Å². The Hall–Kier alpha value is -0.760. The maximum Gasteiger partial charge on any atom is 0.0626 e. The molecule has 1 nitrogen and oxygen atoms in total. The molecular formula is C13H10Cl3N. The third kappa shape index (κ3) is 3.35. The number of aromatic nitrogens is 1. The summed E-state index contributed by atoms with van der Waals surface area (Å²) < 4.78 is 0. The molecule has 0 aliphatic rings. The van der Waals surface area contributed by atoms with E-state index in [1.807, 2.05) is 24.3 Å².